The second-order valence-electron chi connectivity index (χ2n) is 19.2. The Hall–Kier alpha value is -3.28. The number of hydrogen-bond donors (Lipinski definition) is 2. The molecule has 0 amide bonds. The van der Waals surface area contributed by atoms with Crippen molar-refractivity contribution in [1.29, 1.82) is 0 Å². The molecule has 5 aliphatic rings. The zero-order valence-corrected chi connectivity index (χ0v) is 61.8. The van der Waals surface area contributed by atoms with Gasteiger partial charge in [-0.05, 0) is 72.8 Å². The SMILES string of the molecule is CC(=O)OCC1Cc2cc(F)cc(C=O)c2O1.CC(=O)OCC1Cc2cc(F)cc(CCl)c2O1.CC(=O)OCC1Cc2cc(F)cc(CO)c2O1.CC(=O)OCC1Cc2cc(F)ccc2O1.COC(Cl)Cl.O=S(Cl)Cl.OCC1Cc2cc(F)ccc2O1.[B].[Cl][Ti]([Cl])([Cl])[Cl].[H-].[Na+]. The second kappa shape index (κ2) is 45.4. The van der Waals surface area contributed by atoms with Crippen molar-refractivity contribution in [3.63, 3.8) is 0 Å². The molecule has 0 aromatic heterocycles. The molecule has 10 rings (SSSR count). The van der Waals surface area contributed by atoms with E-state index in [0.29, 0.717) is 89.4 Å². The third-order valence-corrected chi connectivity index (χ3v) is 12.7. The number of esters is 4. The molecule has 2 N–H and O–H groups in total. The van der Waals surface area contributed by atoms with E-state index in [1.54, 1.807) is 12.1 Å². The quantitative estimate of drug-likeness (QED) is 0.0212. The van der Waals surface area contributed by atoms with Crippen LogP contribution in [0.1, 0.15) is 78.4 Å². The minimum atomic E-state index is -3.11. The Bertz CT molecular complexity index is 3220. The predicted molar refractivity (Wildman–Crippen MR) is 340 cm³/mol. The number of rotatable bonds is 13. The van der Waals surface area contributed by atoms with E-state index in [2.05, 4.69) is 26.1 Å². The molecule has 0 fully saturated rings. The van der Waals surface area contributed by atoms with Crippen molar-refractivity contribution >= 4 is 141 Å². The summed E-state index contributed by atoms with van der Waals surface area (Å²) in [6.45, 7) is 5.64. The Balaban J connectivity index is 0.00000110. The van der Waals surface area contributed by atoms with Crippen LogP contribution >= 0.6 is 93.4 Å². The fraction of sp³-hybridized carbons (Fsp3) is 0.397. The summed E-state index contributed by atoms with van der Waals surface area (Å²) in [5, 5.41) is 17.2. The van der Waals surface area contributed by atoms with Crippen molar-refractivity contribution in [2.24, 2.45) is 0 Å². The maximum atomic E-state index is 13.3. The van der Waals surface area contributed by atoms with Crippen LogP contribution < -0.4 is 53.2 Å². The third-order valence-electron chi connectivity index (χ3n) is 12.0. The van der Waals surface area contributed by atoms with Gasteiger partial charge in [-0.15, -0.1) is 11.6 Å². The standard InChI is InChI=1S/C12H12ClFO3.C12H13FO4.C12H11FO4.C11H11FO3.C9H9FO2.C2H4Cl2O.B.Cl2OS.4ClH.Na.Ti.H/c1-7(15)16-6-11-4-8-2-10(14)3-9(5-13)12(8)17-11;2*1-7(15)16-6-11-4-8-2-10(13)3-9(5-14)12(8)17-11;1-7(13)14-6-10-5-8-4-9(12)2-3-11(8)15-10;10-7-1-2-9-6(3-7)4-8(5-11)12-9;1-5-2(3)4;;1-4(2)3;;;;;;;/h2-3,11H,4-6H2,1H3;2-3,11,14H,4-6H2,1H3;2-3,5,11H,4,6H2,1H3;2-4,10H,5-6H2,1H3;1-3,8,11H,4-5H2;2H,1H3;;;4*1H;;;/q;;;;;;;;;;;;+1;+4;-1/p-4. The fourth-order valence-corrected chi connectivity index (χ4v) is 8.75. The molecule has 5 heterocycles. The number of methoxy groups -OCH3 is 1. The summed E-state index contributed by atoms with van der Waals surface area (Å²) in [7, 11) is 28.8. The van der Waals surface area contributed by atoms with E-state index in [4.69, 9.17) is 129 Å². The number of ether oxygens (including phenoxy) is 10. The first-order chi connectivity index (χ1) is 43.2. The van der Waals surface area contributed by atoms with Crippen LogP contribution in [0.25, 0.3) is 0 Å². The first-order valence-electron chi connectivity index (χ1n) is 26.7. The van der Waals surface area contributed by atoms with Crippen LogP contribution in [0.4, 0.5) is 22.0 Å². The molecule has 36 heteroatoms. The molecule has 0 bridgehead atoms. The fourth-order valence-electron chi connectivity index (χ4n) is 8.56. The first-order valence-corrected chi connectivity index (χ1v) is 39.5. The molecular formula is C58H61BCl9F5NaO18STi. The Kier molecular flexibility index (Phi) is 42.9. The van der Waals surface area contributed by atoms with Gasteiger partial charge in [0.15, 0.2) is 6.29 Å². The maximum Gasteiger partial charge on any atom is 1.00 e. The zero-order valence-electron chi connectivity index (χ0n) is 51.7. The normalized spacial score (nSPS) is 16.4. The van der Waals surface area contributed by atoms with E-state index in [9.17, 15) is 45.9 Å². The molecule has 5 unspecified atom stereocenters. The van der Waals surface area contributed by atoms with Crippen LogP contribution in [-0.4, -0.2) is 129 Å². The van der Waals surface area contributed by atoms with Gasteiger partial charge in [0.1, 0.15) is 115 Å². The number of carbonyl (C=O) groups excluding carboxylic acids is 5. The van der Waals surface area contributed by atoms with Crippen molar-refractivity contribution in [2.45, 2.75) is 108 Å². The average Bonchev–Trinajstić information content (AvgIpc) is 1.71. The van der Waals surface area contributed by atoms with Crippen LogP contribution in [0, 0.1) is 29.1 Å². The smallest absolute Gasteiger partial charge is 1.00 e. The average molecular weight is 1570 g/mol. The van der Waals surface area contributed by atoms with Crippen LogP contribution in [0.3, 0.4) is 0 Å². The Labute approximate surface area is 609 Å². The summed E-state index contributed by atoms with van der Waals surface area (Å²) < 4.78 is 125. The summed E-state index contributed by atoms with van der Waals surface area (Å²) >= 11 is 12.6. The molecule has 3 radical (unpaired) electrons. The Morgan fingerprint density at radius 2 is 0.862 bits per heavy atom. The predicted octanol–water partition coefficient (Wildman–Crippen LogP) is 9.86. The summed E-state index contributed by atoms with van der Waals surface area (Å²) in [5.41, 5.74) is 5.01. The number of benzene rings is 5. The number of alkyl halides is 3. The van der Waals surface area contributed by atoms with Crippen LogP contribution in [0.5, 0.6) is 28.7 Å². The van der Waals surface area contributed by atoms with Gasteiger partial charge in [0.2, 0.25) is 14.2 Å². The number of aldehydes is 1. The van der Waals surface area contributed by atoms with Crippen LogP contribution in [0.2, 0.25) is 0 Å². The molecule has 5 atom stereocenters. The molecule has 0 aliphatic carbocycles. The van der Waals surface area contributed by atoms with E-state index >= 15 is 0 Å². The number of halogens is 14. The van der Waals surface area contributed by atoms with Gasteiger partial charge >= 0.3 is 103 Å². The van der Waals surface area contributed by atoms with Gasteiger partial charge in [0.25, 0.3) is 0 Å². The summed E-state index contributed by atoms with van der Waals surface area (Å²) in [5.74, 6) is -0.101. The first kappa shape index (κ1) is 88.7. The van der Waals surface area contributed by atoms with E-state index in [-0.39, 0.29) is 156 Å². The summed E-state index contributed by atoms with van der Waals surface area (Å²) in [6, 6.07) is 16.7. The van der Waals surface area contributed by atoms with Gasteiger partial charge in [-0.3, -0.25) is 24.0 Å². The van der Waals surface area contributed by atoms with Crippen molar-refractivity contribution < 1.29 is 151 Å². The van der Waals surface area contributed by atoms with Crippen molar-refractivity contribution in [1.82, 2.24) is 0 Å². The topological polar surface area (TPSA) is 235 Å². The van der Waals surface area contributed by atoms with E-state index in [1.165, 1.54) is 89.4 Å². The van der Waals surface area contributed by atoms with Gasteiger partial charge < -0.3 is 59.0 Å². The molecule has 0 saturated carbocycles. The molecule has 0 spiro atoms. The van der Waals surface area contributed by atoms with E-state index < -0.39 is 44.2 Å². The van der Waals surface area contributed by atoms with Crippen molar-refractivity contribution in [2.75, 3.05) is 40.1 Å². The largest absolute Gasteiger partial charge is 1.00 e. The minimum Gasteiger partial charge on any atom is -1.00 e. The molecule has 5 aromatic carbocycles. The zero-order chi connectivity index (χ0) is 69.0. The molecule has 94 heavy (non-hydrogen) atoms. The third kappa shape index (κ3) is 34.5. The molecule has 18 nitrogen and oxygen atoms in total. The number of aliphatic hydroxyl groups is 2. The van der Waals surface area contributed by atoms with Crippen LogP contribution in [0.15, 0.2) is 72.8 Å². The molecular weight excluding hydrogens is 1510 g/mol. The minimum absolute atomic E-state index is 0. The number of fused-ring (bicyclic) bond motifs is 5. The van der Waals surface area contributed by atoms with Gasteiger partial charge in [-0.2, -0.15) is 0 Å². The Morgan fingerprint density at radius 1 is 0.564 bits per heavy atom. The van der Waals surface area contributed by atoms with Gasteiger partial charge in [0.05, 0.1) is 24.7 Å². The molecule has 5 aliphatic heterocycles. The van der Waals surface area contributed by atoms with E-state index in [0.717, 1.165) is 22.8 Å². The van der Waals surface area contributed by atoms with Gasteiger partial charge in [-0.1, -0.05) is 23.2 Å². The van der Waals surface area contributed by atoms with Crippen molar-refractivity contribution in [3.8, 4) is 28.7 Å². The molecule has 513 valence electrons. The molecule has 5 aromatic rings. The molecule has 0 saturated heterocycles. The number of hydrogen-bond acceptors (Lipinski definition) is 18. The monoisotopic (exact) mass is 1570 g/mol. The van der Waals surface area contributed by atoms with Gasteiger partial charge in [0, 0.05) is 136 Å². The summed E-state index contributed by atoms with van der Waals surface area (Å²) in [4.78, 5) is 53.4. The number of aliphatic hydroxyl groups excluding tert-OH is 2. The van der Waals surface area contributed by atoms with Crippen molar-refractivity contribution in [3.05, 3.63) is 146 Å². The van der Waals surface area contributed by atoms with Gasteiger partial charge in [-0.25, -0.2) is 26.2 Å². The van der Waals surface area contributed by atoms with Crippen LogP contribution in [-0.2, 0) is 109 Å². The summed E-state index contributed by atoms with van der Waals surface area (Å²) in [6.07, 6.45) is 1.89. The van der Waals surface area contributed by atoms with E-state index in [1.807, 2.05) is 0 Å². The Morgan fingerprint density at radius 3 is 1.20 bits per heavy atom. The maximum absolute atomic E-state index is 13.3. The second-order valence-corrected chi connectivity index (χ2v) is 38.5. The number of carbonyl (C=O) groups is 5.